The Morgan fingerprint density at radius 3 is 3.11 bits per heavy atom. The monoisotopic (exact) mass is 265 g/mol. The van der Waals surface area contributed by atoms with E-state index in [1.54, 1.807) is 12.3 Å². The minimum Gasteiger partial charge on any atom is -0.369 e. The molecule has 0 aromatic carbocycles. The predicted molar refractivity (Wildman–Crippen MR) is 72.6 cm³/mol. The number of rotatable bonds is 2. The fraction of sp³-hybridized carbons (Fsp3) is 0.500. The summed E-state index contributed by atoms with van der Waals surface area (Å²) in [6.07, 6.45) is 2.84. The molecular weight excluding hydrogens is 250 g/mol. The van der Waals surface area contributed by atoms with Crippen LogP contribution < -0.4 is 5.73 Å². The van der Waals surface area contributed by atoms with Gasteiger partial charge in [-0.15, -0.1) is 0 Å². The molecule has 2 aromatic heterocycles. The molecule has 5 nitrogen and oxygen atoms in total. The van der Waals surface area contributed by atoms with Crippen LogP contribution in [-0.2, 0) is 6.54 Å². The molecule has 0 radical (unpaired) electrons. The van der Waals surface area contributed by atoms with Crippen LogP contribution in [0.15, 0.2) is 12.3 Å². The van der Waals surface area contributed by atoms with E-state index in [4.69, 9.17) is 17.3 Å². The Kier molecular flexibility index (Phi) is 2.87. The highest BCUT2D eigenvalue weighted by atomic mass is 35.5. The van der Waals surface area contributed by atoms with Crippen LogP contribution in [0.4, 0.5) is 5.95 Å². The molecule has 0 saturated carbocycles. The highest BCUT2D eigenvalue weighted by Crippen LogP contribution is 2.23. The molecule has 1 aliphatic heterocycles. The molecule has 3 heterocycles. The molecule has 1 atom stereocenters. The van der Waals surface area contributed by atoms with E-state index < -0.39 is 0 Å². The van der Waals surface area contributed by atoms with Crippen LogP contribution in [-0.4, -0.2) is 39.6 Å². The second kappa shape index (κ2) is 4.40. The summed E-state index contributed by atoms with van der Waals surface area (Å²) in [5, 5.41) is 0.591. The van der Waals surface area contributed by atoms with Gasteiger partial charge in [0.15, 0.2) is 5.65 Å². The molecule has 0 spiro atoms. The van der Waals surface area contributed by atoms with Crippen molar-refractivity contribution in [1.29, 1.82) is 0 Å². The lowest BCUT2D eigenvalue weighted by Crippen LogP contribution is -2.18. The van der Waals surface area contributed by atoms with E-state index in [1.807, 2.05) is 4.57 Å². The lowest BCUT2D eigenvalue weighted by atomic mass is 10.1. The molecule has 1 fully saturated rings. The topological polar surface area (TPSA) is 60.0 Å². The van der Waals surface area contributed by atoms with Crippen molar-refractivity contribution in [3.8, 4) is 0 Å². The van der Waals surface area contributed by atoms with E-state index in [0.29, 0.717) is 16.9 Å². The quantitative estimate of drug-likeness (QED) is 0.896. The molecule has 0 bridgehead atoms. The number of imidazole rings is 1. The second-order valence-corrected chi connectivity index (χ2v) is 5.43. The molecule has 1 unspecified atom stereocenters. The minimum atomic E-state index is 0.523. The summed E-state index contributed by atoms with van der Waals surface area (Å²) >= 11 is 5.91. The molecule has 18 heavy (non-hydrogen) atoms. The number of anilines is 1. The molecule has 2 aromatic rings. The standard InChI is InChI=1S/C12H16ClN5/c1-17-3-2-8(6-17)7-18-11-10(16-12(18)14)4-9(13)5-15-11/h4-5,8H,2-3,6-7H2,1H3,(H2,14,16). The zero-order valence-electron chi connectivity index (χ0n) is 10.3. The fourth-order valence-electron chi connectivity index (χ4n) is 2.62. The summed E-state index contributed by atoms with van der Waals surface area (Å²) in [5.74, 6) is 1.14. The molecular formula is C12H16ClN5. The van der Waals surface area contributed by atoms with E-state index in [0.717, 1.165) is 30.8 Å². The van der Waals surface area contributed by atoms with Crippen molar-refractivity contribution in [1.82, 2.24) is 19.4 Å². The third-order valence-electron chi connectivity index (χ3n) is 3.51. The number of fused-ring (bicyclic) bond motifs is 1. The third-order valence-corrected chi connectivity index (χ3v) is 3.72. The van der Waals surface area contributed by atoms with Gasteiger partial charge in [-0.25, -0.2) is 9.97 Å². The van der Waals surface area contributed by atoms with Crippen molar-refractivity contribution < 1.29 is 0 Å². The van der Waals surface area contributed by atoms with Gasteiger partial charge in [0.25, 0.3) is 0 Å². The summed E-state index contributed by atoms with van der Waals surface area (Å²) in [4.78, 5) is 11.0. The first kappa shape index (κ1) is 11.7. The lowest BCUT2D eigenvalue weighted by Gasteiger charge is -2.12. The van der Waals surface area contributed by atoms with Crippen molar-refractivity contribution in [3.63, 3.8) is 0 Å². The minimum absolute atomic E-state index is 0.523. The molecule has 96 valence electrons. The van der Waals surface area contributed by atoms with Crippen LogP contribution in [0, 0.1) is 5.92 Å². The Morgan fingerprint density at radius 1 is 1.56 bits per heavy atom. The Morgan fingerprint density at radius 2 is 2.39 bits per heavy atom. The van der Waals surface area contributed by atoms with Gasteiger partial charge in [-0.2, -0.15) is 0 Å². The van der Waals surface area contributed by atoms with E-state index >= 15 is 0 Å². The average Bonchev–Trinajstić information content (AvgIpc) is 2.84. The maximum Gasteiger partial charge on any atom is 0.202 e. The van der Waals surface area contributed by atoms with Crippen molar-refractivity contribution in [2.24, 2.45) is 5.92 Å². The molecule has 1 aliphatic rings. The van der Waals surface area contributed by atoms with E-state index in [9.17, 15) is 0 Å². The summed E-state index contributed by atoms with van der Waals surface area (Å²) in [6, 6.07) is 1.80. The number of nitrogen functional groups attached to an aromatic ring is 1. The van der Waals surface area contributed by atoms with E-state index in [1.165, 1.54) is 6.42 Å². The zero-order valence-corrected chi connectivity index (χ0v) is 11.1. The Balaban J connectivity index is 1.93. The van der Waals surface area contributed by atoms with Crippen LogP contribution in [0.2, 0.25) is 5.02 Å². The van der Waals surface area contributed by atoms with Gasteiger partial charge in [0.1, 0.15) is 5.52 Å². The van der Waals surface area contributed by atoms with Gasteiger partial charge in [-0.05, 0) is 32.0 Å². The number of hydrogen-bond acceptors (Lipinski definition) is 4. The van der Waals surface area contributed by atoms with Crippen LogP contribution in [0.3, 0.4) is 0 Å². The number of hydrogen-bond donors (Lipinski definition) is 1. The maximum absolute atomic E-state index is 5.97. The molecule has 3 rings (SSSR count). The molecule has 0 aliphatic carbocycles. The number of nitrogens with two attached hydrogens (primary N) is 1. The van der Waals surface area contributed by atoms with Crippen LogP contribution in [0.5, 0.6) is 0 Å². The maximum atomic E-state index is 5.97. The van der Waals surface area contributed by atoms with E-state index in [2.05, 4.69) is 21.9 Å². The smallest absolute Gasteiger partial charge is 0.202 e. The summed E-state index contributed by atoms with van der Waals surface area (Å²) < 4.78 is 2.00. The SMILES string of the molecule is CN1CCC(Cn2c(N)nc3cc(Cl)cnc32)C1. The van der Waals surface area contributed by atoms with Gasteiger partial charge in [0.05, 0.1) is 5.02 Å². The normalized spacial score (nSPS) is 20.9. The van der Waals surface area contributed by atoms with E-state index in [-0.39, 0.29) is 0 Å². The second-order valence-electron chi connectivity index (χ2n) is 4.99. The van der Waals surface area contributed by atoms with Gasteiger partial charge in [-0.3, -0.25) is 4.57 Å². The number of nitrogens with zero attached hydrogens (tertiary/aromatic N) is 4. The first-order valence-corrected chi connectivity index (χ1v) is 6.47. The summed E-state index contributed by atoms with van der Waals surface area (Å²) in [5.41, 5.74) is 7.57. The Labute approximate surface area is 111 Å². The van der Waals surface area contributed by atoms with Crippen molar-refractivity contribution in [3.05, 3.63) is 17.3 Å². The first-order chi connectivity index (χ1) is 8.63. The molecule has 6 heteroatoms. The van der Waals surface area contributed by atoms with Crippen molar-refractivity contribution >= 4 is 28.7 Å². The first-order valence-electron chi connectivity index (χ1n) is 6.09. The van der Waals surface area contributed by atoms with Gasteiger partial charge >= 0.3 is 0 Å². The van der Waals surface area contributed by atoms with Gasteiger partial charge in [0.2, 0.25) is 5.95 Å². The number of aromatic nitrogens is 3. The predicted octanol–water partition coefficient (Wildman–Crippen LogP) is 1.62. The van der Waals surface area contributed by atoms with Crippen LogP contribution in [0.1, 0.15) is 6.42 Å². The van der Waals surface area contributed by atoms with Crippen LogP contribution >= 0.6 is 11.6 Å². The number of likely N-dealkylation sites (tertiary alicyclic amines) is 1. The Bertz CT molecular complexity index is 579. The van der Waals surface area contributed by atoms with Crippen molar-refractivity contribution in [2.75, 3.05) is 25.9 Å². The summed E-state index contributed by atoms with van der Waals surface area (Å²) in [6.45, 7) is 3.13. The molecule has 2 N–H and O–H groups in total. The summed E-state index contributed by atoms with van der Waals surface area (Å²) in [7, 11) is 2.15. The zero-order chi connectivity index (χ0) is 12.7. The largest absolute Gasteiger partial charge is 0.369 e. The molecule has 1 saturated heterocycles. The lowest BCUT2D eigenvalue weighted by molar-refractivity contribution is 0.380. The third kappa shape index (κ3) is 2.04. The number of halogens is 1. The highest BCUT2D eigenvalue weighted by molar-refractivity contribution is 6.31. The molecule has 0 amide bonds. The van der Waals surface area contributed by atoms with Crippen molar-refractivity contribution in [2.45, 2.75) is 13.0 Å². The Hall–Kier alpha value is -1.33. The van der Waals surface area contributed by atoms with Gasteiger partial charge in [0, 0.05) is 19.3 Å². The van der Waals surface area contributed by atoms with Crippen LogP contribution in [0.25, 0.3) is 11.2 Å². The average molecular weight is 266 g/mol. The highest BCUT2D eigenvalue weighted by Gasteiger charge is 2.22. The van der Waals surface area contributed by atoms with Gasteiger partial charge < -0.3 is 10.6 Å². The number of pyridine rings is 1. The fourth-order valence-corrected chi connectivity index (χ4v) is 2.77. The van der Waals surface area contributed by atoms with Gasteiger partial charge in [-0.1, -0.05) is 11.6 Å².